The van der Waals surface area contributed by atoms with Gasteiger partial charge in [0.1, 0.15) is 30.5 Å². The molecule has 204 valence electrons. The zero-order chi connectivity index (χ0) is 27.7. The molecule has 0 radical (unpaired) electrons. The number of aromatic nitrogens is 3. The molecular weight excluding hydrogens is 517 g/mol. The highest BCUT2D eigenvalue weighted by molar-refractivity contribution is 5.95. The SMILES string of the molecule is CCNC(=O)c1ccc(-n2cc(C(=O)NCc3ccc(C(F)(F)F)c(F)c3)nn2)c(OCCOCCF)c1. The Morgan fingerprint density at radius 3 is 2.50 bits per heavy atom. The maximum Gasteiger partial charge on any atom is 0.419 e. The van der Waals surface area contributed by atoms with Crippen molar-refractivity contribution in [3.8, 4) is 11.4 Å². The Balaban J connectivity index is 1.73. The number of nitrogens with zero attached hydrogens (tertiary/aromatic N) is 3. The molecule has 0 aliphatic rings. The van der Waals surface area contributed by atoms with E-state index in [9.17, 15) is 31.5 Å². The van der Waals surface area contributed by atoms with E-state index in [-0.39, 0.29) is 49.3 Å². The number of benzene rings is 2. The zero-order valence-corrected chi connectivity index (χ0v) is 20.1. The summed E-state index contributed by atoms with van der Waals surface area (Å²) >= 11 is 0. The van der Waals surface area contributed by atoms with Crippen LogP contribution in [0.4, 0.5) is 22.0 Å². The lowest BCUT2D eigenvalue weighted by Gasteiger charge is -2.13. The number of rotatable bonds is 12. The molecule has 2 aromatic carbocycles. The Hall–Kier alpha value is -4.07. The fraction of sp³-hybridized carbons (Fsp3) is 0.333. The van der Waals surface area contributed by atoms with Gasteiger partial charge in [0.2, 0.25) is 0 Å². The first-order valence-electron chi connectivity index (χ1n) is 11.4. The van der Waals surface area contributed by atoms with Crippen LogP contribution in [0.15, 0.2) is 42.6 Å². The van der Waals surface area contributed by atoms with Gasteiger partial charge in [-0.1, -0.05) is 11.3 Å². The molecule has 2 amide bonds. The van der Waals surface area contributed by atoms with Gasteiger partial charge in [-0.25, -0.2) is 13.5 Å². The van der Waals surface area contributed by atoms with E-state index in [0.29, 0.717) is 29.9 Å². The topological polar surface area (TPSA) is 107 Å². The van der Waals surface area contributed by atoms with Crippen LogP contribution in [0.5, 0.6) is 5.75 Å². The molecule has 0 unspecified atom stereocenters. The molecule has 9 nitrogen and oxygen atoms in total. The average Bonchev–Trinajstić information content (AvgIpc) is 3.37. The monoisotopic (exact) mass is 541 g/mol. The minimum Gasteiger partial charge on any atom is -0.489 e. The normalized spacial score (nSPS) is 11.3. The van der Waals surface area contributed by atoms with Crippen LogP contribution >= 0.6 is 0 Å². The highest BCUT2D eigenvalue weighted by atomic mass is 19.4. The molecule has 0 aliphatic carbocycles. The second-order valence-corrected chi connectivity index (χ2v) is 7.73. The molecule has 2 N–H and O–H groups in total. The largest absolute Gasteiger partial charge is 0.489 e. The van der Waals surface area contributed by atoms with E-state index in [1.807, 2.05) is 0 Å². The maximum absolute atomic E-state index is 13.8. The molecule has 14 heteroatoms. The van der Waals surface area contributed by atoms with Crippen LogP contribution in [-0.2, 0) is 17.5 Å². The number of carbonyl (C=O) groups is 2. The van der Waals surface area contributed by atoms with Gasteiger partial charge in [0, 0.05) is 18.7 Å². The quantitative estimate of drug-likeness (QED) is 0.269. The molecule has 1 heterocycles. The Bertz CT molecular complexity index is 1270. The standard InChI is InChI=1S/C24H24F5N5O4/c1-2-30-22(35)16-4-6-20(21(12-16)38-10-9-37-8-7-25)34-14-19(32-33-34)23(36)31-13-15-3-5-17(18(26)11-15)24(27,28)29/h3-6,11-12,14H,2,7-10,13H2,1H3,(H,30,35)(H,31,36). The Morgan fingerprint density at radius 1 is 1.03 bits per heavy atom. The van der Waals surface area contributed by atoms with Gasteiger partial charge in [-0.15, -0.1) is 5.10 Å². The van der Waals surface area contributed by atoms with Crippen molar-refractivity contribution in [2.24, 2.45) is 0 Å². The third-order valence-corrected chi connectivity index (χ3v) is 5.03. The van der Waals surface area contributed by atoms with Crippen molar-refractivity contribution in [3.05, 3.63) is 70.8 Å². The Labute approximate surface area is 213 Å². The van der Waals surface area contributed by atoms with Gasteiger partial charge in [0.25, 0.3) is 11.8 Å². The average molecular weight is 541 g/mol. The number of amides is 2. The van der Waals surface area contributed by atoms with E-state index in [4.69, 9.17) is 9.47 Å². The fourth-order valence-electron chi connectivity index (χ4n) is 3.25. The minimum absolute atomic E-state index is 0.0393. The number of nitrogens with one attached hydrogen (secondary N) is 2. The lowest BCUT2D eigenvalue weighted by Crippen LogP contribution is -2.23. The minimum atomic E-state index is -4.83. The smallest absolute Gasteiger partial charge is 0.419 e. The van der Waals surface area contributed by atoms with Gasteiger partial charge in [-0.2, -0.15) is 13.2 Å². The lowest BCUT2D eigenvalue weighted by atomic mass is 10.1. The van der Waals surface area contributed by atoms with Crippen LogP contribution in [0.2, 0.25) is 0 Å². The second-order valence-electron chi connectivity index (χ2n) is 7.73. The molecule has 0 atom stereocenters. The summed E-state index contributed by atoms with van der Waals surface area (Å²) in [6.07, 6.45) is -3.55. The summed E-state index contributed by atoms with van der Waals surface area (Å²) in [5, 5.41) is 12.8. The molecule has 0 aliphatic heterocycles. The summed E-state index contributed by atoms with van der Waals surface area (Å²) < 4.78 is 76.1. The first-order chi connectivity index (χ1) is 18.1. The highest BCUT2D eigenvalue weighted by Gasteiger charge is 2.33. The number of halogens is 5. The van der Waals surface area contributed by atoms with Crippen LogP contribution < -0.4 is 15.4 Å². The fourth-order valence-corrected chi connectivity index (χ4v) is 3.25. The number of hydrogen-bond acceptors (Lipinski definition) is 6. The summed E-state index contributed by atoms with van der Waals surface area (Å²) in [6, 6.07) is 6.87. The third-order valence-electron chi connectivity index (χ3n) is 5.03. The highest BCUT2D eigenvalue weighted by Crippen LogP contribution is 2.31. The van der Waals surface area contributed by atoms with Gasteiger partial charge >= 0.3 is 6.18 Å². The molecule has 0 saturated carbocycles. The summed E-state index contributed by atoms with van der Waals surface area (Å²) in [5.41, 5.74) is -0.789. The van der Waals surface area contributed by atoms with Crippen molar-refractivity contribution in [1.82, 2.24) is 25.6 Å². The van der Waals surface area contributed by atoms with Gasteiger partial charge in [0.15, 0.2) is 5.69 Å². The van der Waals surface area contributed by atoms with E-state index >= 15 is 0 Å². The molecule has 3 rings (SSSR count). The summed E-state index contributed by atoms with van der Waals surface area (Å²) in [4.78, 5) is 24.7. The molecule has 0 saturated heterocycles. The Kier molecular flexibility index (Phi) is 9.71. The molecule has 1 aromatic heterocycles. The number of carbonyl (C=O) groups excluding carboxylic acids is 2. The zero-order valence-electron chi connectivity index (χ0n) is 20.1. The molecule has 3 aromatic rings. The first kappa shape index (κ1) is 28.5. The van der Waals surface area contributed by atoms with Crippen molar-refractivity contribution >= 4 is 11.8 Å². The van der Waals surface area contributed by atoms with Crippen molar-refractivity contribution in [2.75, 3.05) is 33.0 Å². The van der Waals surface area contributed by atoms with Crippen LogP contribution in [0.1, 0.15) is 38.9 Å². The summed E-state index contributed by atoms with van der Waals surface area (Å²) in [7, 11) is 0. The van der Waals surface area contributed by atoms with Gasteiger partial charge in [-0.05, 0) is 42.8 Å². The molecular formula is C24H24F5N5O4. The molecule has 38 heavy (non-hydrogen) atoms. The summed E-state index contributed by atoms with van der Waals surface area (Å²) in [6.45, 7) is 1.32. The van der Waals surface area contributed by atoms with Gasteiger partial charge < -0.3 is 20.1 Å². The van der Waals surface area contributed by atoms with Gasteiger partial charge in [0.05, 0.1) is 25.0 Å². The van der Waals surface area contributed by atoms with Crippen LogP contribution in [0, 0.1) is 5.82 Å². The number of hydrogen-bond donors (Lipinski definition) is 2. The van der Waals surface area contributed by atoms with Crippen molar-refractivity contribution in [2.45, 2.75) is 19.6 Å². The Morgan fingerprint density at radius 2 is 1.82 bits per heavy atom. The number of ether oxygens (including phenoxy) is 2. The van der Waals surface area contributed by atoms with Crippen LogP contribution in [0.3, 0.4) is 0 Å². The van der Waals surface area contributed by atoms with E-state index < -0.39 is 30.1 Å². The number of alkyl halides is 4. The molecule has 0 bridgehead atoms. The van der Waals surface area contributed by atoms with Crippen molar-refractivity contribution < 1.29 is 41.0 Å². The predicted octanol–water partition coefficient (Wildman–Crippen LogP) is 3.47. The van der Waals surface area contributed by atoms with E-state index in [1.54, 1.807) is 6.92 Å². The van der Waals surface area contributed by atoms with Gasteiger partial charge in [-0.3, -0.25) is 9.59 Å². The van der Waals surface area contributed by atoms with E-state index in [0.717, 1.165) is 6.07 Å². The third kappa shape index (κ3) is 7.47. The van der Waals surface area contributed by atoms with Crippen molar-refractivity contribution in [3.63, 3.8) is 0 Å². The van der Waals surface area contributed by atoms with E-state index in [1.165, 1.54) is 29.1 Å². The van der Waals surface area contributed by atoms with Crippen molar-refractivity contribution in [1.29, 1.82) is 0 Å². The lowest BCUT2D eigenvalue weighted by molar-refractivity contribution is -0.140. The van der Waals surface area contributed by atoms with Crippen LogP contribution in [0.25, 0.3) is 5.69 Å². The molecule has 0 spiro atoms. The molecule has 0 fully saturated rings. The second kappa shape index (κ2) is 12.9. The maximum atomic E-state index is 13.8. The summed E-state index contributed by atoms with van der Waals surface area (Å²) in [5.74, 6) is -2.28. The van der Waals surface area contributed by atoms with E-state index in [2.05, 4.69) is 20.9 Å². The first-order valence-corrected chi connectivity index (χ1v) is 11.4. The van der Waals surface area contributed by atoms with Crippen LogP contribution in [-0.4, -0.2) is 59.8 Å². The predicted molar refractivity (Wildman–Crippen MR) is 124 cm³/mol.